The first kappa shape index (κ1) is 15.3. The van der Waals surface area contributed by atoms with Crippen LogP contribution in [0.2, 0.25) is 5.02 Å². The van der Waals surface area contributed by atoms with Gasteiger partial charge in [-0.15, -0.1) is 0 Å². The second kappa shape index (κ2) is 6.36. The van der Waals surface area contributed by atoms with Crippen molar-refractivity contribution in [2.75, 3.05) is 13.2 Å². The Labute approximate surface area is 145 Å². The summed E-state index contributed by atoms with van der Waals surface area (Å²) in [5.41, 5.74) is 4.36. The minimum absolute atomic E-state index is 0.110. The van der Waals surface area contributed by atoms with E-state index in [0.717, 1.165) is 36.3 Å². The fraction of sp³-hybridized carbons (Fsp3) is 0.412. The predicted molar refractivity (Wildman–Crippen MR) is 90.2 cm³/mol. The summed E-state index contributed by atoms with van der Waals surface area (Å²) in [7, 11) is 0. The largest absolute Gasteiger partial charge is 0.491 e. The molecule has 2 amide bonds. The van der Waals surface area contributed by atoms with Gasteiger partial charge in [0.15, 0.2) is 0 Å². The summed E-state index contributed by atoms with van der Waals surface area (Å²) in [5, 5.41) is 11.0. The number of carbonyl (C=O) groups is 1. The van der Waals surface area contributed by atoms with Crippen LogP contribution < -0.4 is 10.1 Å². The SMILES string of the molecule is O=C(NCc1n[nH]c2c1CCC2)N1CCOc2ccc(Cl)cc2C1. The van der Waals surface area contributed by atoms with Gasteiger partial charge in [-0.05, 0) is 43.0 Å². The van der Waals surface area contributed by atoms with Crippen molar-refractivity contribution in [1.82, 2.24) is 20.4 Å². The van der Waals surface area contributed by atoms with Crippen molar-refractivity contribution in [3.63, 3.8) is 0 Å². The normalized spacial score (nSPS) is 16.1. The van der Waals surface area contributed by atoms with Gasteiger partial charge in [0.25, 0.3) is 0 Å². The fourth-order valence-corrected chi connectivity index (χ4v) is 3.54. The zero-order valence-corrected chi connectivity index (χ0v) is 14.0. The molecule has 0 unspecified atom stereocenters. The first-order chi connectivity index (χ1) is 11.7. The Hall–Kier alpha value is -2.21. The van der Waals surface area contributed by atoms with Gasteiger partial charge in [-0.25, -0.2) is 4.79 Å². The lowest BCUT2D eigenvalue weighted by Gasteiger charge is -2.20. The quantitative estimate of drug-likeness (QED) is 0.878. The van der Waals surface area contributed by atoms with Gasteiger partial charge in [0.05, 0.1) is 25.3 Å². The lowest BCUT2D eigenvalue weighted by atomic mass is 10.2. The minimum Gasteiger partial charge on any atom is -0.491 e. The molecule has 2 aliphatic rings. The number of rotatable bonds is 2. The number of H-pyrrole nitrogens is 1. The molecule has 1 aliphatic heterocycles. The van der Waals surface area contributed by atoms with Gasteiger partial charge in [0.1, 0.15) is 12.4 Å². The standard InChI is InChI=1S/C17H19ClN4O2/c18-12-4-5-16-11(8-12)10-22(6-7-24-16)17(23)19-9-15-13-2-1-3-14(13)20-21-15/h4-5,8H,1-3,6-7,9-10H2,(H,19,23)(H,20,21). The van der Waals surface area contributed by atoms with E-state index in [1.54, 1.807) is 11.0 Å². The fourth-order valence-electron chi connectivity index (χ4n) is 3.34. The van der Waals surface area contributed by atoms with E-state index in [1.165, 1.54) is 11.3 Å². The Kier molecular flexibility index (Phi) is 4.06. The topological polar surface area (TPSA) is 70.2 Å². The van der Waals surface area contributed by atoms with Crippen LogP contribution in [0, 0.1) is 0 Å². The molecular weight excluding hydrogens is 328 g/mol. The van der Waals surface area contributed by atoms with E-state index < -0.39 is 0 Å². The highest BCUT2D eigenvalue weighted by molar-refractivity contribution is 6.30. The van der Waals surface area contributed by atoms with Gasteiger partial charge in [0.2, 0.25) is 0 Å². The Morgan fingerprint density at radius 2 is 2.33 bits per heavy atom. The number of carbonyl (C=O) groups excluding carboxylic acids is 1. The number of aryl methyl sites for hydroxylation is 1. The maximum atomic E-state index is 12.5. The van der Waals surface area contributed by atoms with Crippen molar-refractivity contribution in [2.45, 2.75) is 32.4 Å². The average molecular weight is 347 g/mol. The first-order valence-electron chi connectivity index (χ1n) is 8.19. The smallest absolute Gasteiger partial charge is 0.318 e. The average Bonchev–Trinajstić information content (AvgIpc) is 3.11. The van der Waals surface area contributed by atoms with Gasteiger partial charge in [0, 0.05) is 16.3 Å². The minimum atomic E-state index is -0.110. The molecule has 0 radical (unpaired) electrons. The highest BCUT2D eigenvalue weighted by Gasteiger charge is 2.22. The molecule has 0 spiro atoms. The zero-order chi connectivity index (χ0) is 16.5. The van der Waals surface area contributed by atoms with Crippen molar-refractivity contribution >= 4 is 17.6 Å². The van der Waals surface area contributed by atoms with E-state index in [4.69, 9.17) is 16.3 Å². The van der Waals surface area contributed by atoms with E-state index in [0.29, 0.717) is 31.3 Å². The third kappa shape index (κ3) is 2.94. The summed E-state index contributed by atoms with van der Waals surface area (Å²) >= 11 is 6.05. The van der Waals surface area contributed by atoms with Gasteiger partial charge in [-0.3, -0.25) is 5.10 Å². The van der Waals surface area contributed by atoms with Crippen LogP contribution in [0.4, 0.5) is 4.79 Å². The van der Waals surface area contributed by atoms with E-state index in [2.05, 4.69) is 15.5 Å². The molecule has 126 valence electrons. The monoisotopic (exact) mass is 346 g/mol. The number of aromatic nitrogens is 2. The van der Waals surface area contributed by atoms with Gasteiger partial charge in [-0.1, -0.05) is 11.6 Å². The Balaban J connectivity index is 1.42. The molecule has 0 atom stereocenters. The molecule has 1 aliphatic carbocycles. The summed E-state index contributed by atoms with van der Waals surface area (Å²) in [5.74, 6) is 0.792. The van der Waals surface area contributed by atoms with Crippen LogP contribution in [-0.4, -0.2) is 34.3 Å². The number of amides is 2. The van der Waals surface area contributed by atoms with Crippen LogP contribution in [0.5, 0.6) is 5.75 Å². The molecule has 4 rings (SSSR count). The maximum Gasteiger partial charge on any atom is 0.318 e. The zero-order valence-electron chi connectivity index (χ0n) is 13.3. The molecule has 0 saturated carbocycles. The lowest BCUT2D eigenvalue weighted by Crippen LogP contribution is -2.40. The molecule has 2 N–H and O–H groups in total. The Bertz CT molecular complexity index is 774. The van der Waals surface area contributed by atoms with E-state index in [-0.39, 0.29) is 6.03 Å². The molecule has 0 fully saturated rings. The number of ether oxygens (including phenoxy) is 1. The molecule has 2 aromatic rings. The van der Waals surface area contributed by atoms with Crippen molar-refractivity contribution in [2.24, 2.45) is 0 Å². The number of hydrogen-bond acceptors (Lipinski definition) is 3. The van der Waals surface area contributed by atoms with Crippen LogP contribution in [0.3, 0.4) is 0 Å². The first-order valence-corrected chi connectivity index (χ1v) is 8.57. The third-order valence-corrected chi connectivity index (χ3v) is 4.82. The number of urea groups is 1. The molecular formula is C17H19ClN4O2. The number of benzene rings is 1. The molecule has 0 saturated heterocycles. The molecule has 0 bridgehead atoms. The molecule has 1 aromatic heterocycles. The van der Waals surface area contributed by atoms with Crippen LogP contribution in [-0.2, 0) is 25.9 Å². The summed E-state index contributed by atoms with van der Waals surface area (Å²) < 4.78 is 5.70. The second-order valence-electron chi connectivity index (χ2n) is 6.16. The van der Waals surface area contributed by atoms with Crippen LogP contribution in [0.1, 0.15) is 28.9 Å². The number of fused-ring (bicyclic) bond motifs is 2. The molecule has 2 heterocycles. The predicted octanol–water partition coefficient (Wildman–Crippen LogP) is 2.66. The van der Waals surface area contributed by atoms with Gasteiger partial charge in [-0.2, -0.15) is 5.10 Å². The van der Waals surface area contributed by atoms with Crippen LogP contribution >= 0.6 is 11.6 Å². The highest BCUT2D eigenvalue weighted by atomic mass is 35.5. The maximum absolute atomic E-state index is 12.5. The van der Waals surface area contributed by atoms with Crippen molar-refractivity contribution in [3.05, 3.63) is 45.7 Å². The summed E-state index contributed by atoms with van der Waals surface area (Å²) in [6, 6.07) is 5.39. The van der Waals surface area contributed by atoms with Crippen molar-refractivity contribution in [1.29, 1.82) is 0 Å². The summed E-state index contributed by atoms with van der Waals surface area (Å²) in [6.07, 6.45) is 3.25. The van der Waals surface area contributed by atoms with Gasteiger partial charge >= 0.3 is 6.03 Å². The van der Waals surface area contributed by atoms with Crippen LogP contribution in [0.15, 0.2) is 18.2 Å². The van der Waals surface area contributed by atoms with Crippen molar-refractivity contribution < 1.29 is 9.53 Å². The molecule has 1 aromatic carbocycles. The van der Waals surface area contributed by atoms with Crippen molar-refractivity contribution in [3.8, 4) is 5.75 Å². The second-order valence-corrected chi connectivity index (χ2v) is 6.60. The third-order valence-electron chi connectivity index (χ3n) is 4.59. The number of halogens is 1. The van der Waals surface area contributed by atoms with E-state index >= 15 is 0 Å². The summed E-state index contributed by atoms with van der Waals surface area (Å²) in [4.78, 5) is 14.3. The Morgan fingerprint density at radius 3 is 3.25 bits per heavy atom. The lowest BCUT2D eigenvalue weighted by molar-refractivity contribution is 0.187. The Morgan fingerprint density at radius 1 is 1.42 bits per heavy atom. The highest BCUT2D eigenvalue weighted by Crippen LogP contribution is 2.26. The number of aromatic amines is 1. The molecule has 7 heteroatoms. The number of nitrogens with zero attached hydrogens (tertiary/aromatic N) is 2. The summed E-state index contributed by atoms with van der Waals surface area (Å²) in [6.45, 7) is 1.95. The number of nitrogens with one attached hydrogen (secondary N) is 2. The van der Waals surface area contributed by atoms with Crippen LogP contribution in [0.25, 0.3) is 0 Å². The molecule has 6 nitrogen and oxygen atoms in total. The number of hydrogen-bond donors (Lipinski definition) is 2. The molecule has 24 heavy (non-hydrogen) atoms. The van der Waals surface area contributed by atoms with E-state index in [1.807, 2.05) is 12.1 Å². The van der Waals surface area contributed by atoms with E-state index in [9.17, 15) is 4.79 Å². The van der Waals surface area contributed by atoms with Gasteiger partial charge < -0.3 is 15.0 Å².